The molecule has 0 saturated carbocycles. The average Bonchev–Trinajstić information content (AvgIpc) is 2.57. The third-order valence-electron chi connectivity index (χ3n) is 5.40. The molecule has 4 atom stereocenters. The molecule has 0 aliphatic carbocycles. The van der Waals surface area contributed by atoms with Gasteiger partial charge in [0.15, 0.2) is 0 Å². The number of rotatable bonds is 16. The van der Waals surface area contributed by atoms with E-state index in [1.165, 1.54) is 0 Å². The SMILES string of the molecule is CCCCC(C)OC(C)C(CCC(=O)O)(C(=O)O)C(C)OC(C)CCCC. The van der Waals surface area contributed by atoms with E-state index >= 15 is 0 Å². The highest BCUT2D eigenvalue weighted by Crippen LogP contribution is 2.38. The number of hydrogen-bond donors (Lipinski definition) is 2. The Kier molecular flexibility index (Phi) is 12.6. The second-order valence-electron chi connectivity index (χ2n) is 7.70. The fourth-order valence-corrected chi connectivity index (χ4v) is 3.56. The molecule has 0 aromatic heterocycles. The fraction of sp³-hybridized carbons (Fsp3) is 0.905. The Labute approximate surface area is 164 Å². The first-order valence-electron chi connectivity index (χ1n) is 10.4. The smallest absolute Gasteiger partial charge is 0.314 e. The first-order chi connectivity index (χ1) is 12.6. The Morgan fingerprint density at radius 1 is 0.852 bits per heavy atom. The van der Waals surface area contributed by atoms with Gasteiger partial charge in [-0.15, -0.1) is 0 Å². The van der Waals surface area contributed by atoms with Gasteiger partial charge >= 0.3 is 11.9 Å². The van der Waals surface area contributed by atoms with Crippen molar-refractivity contribution in [3.05, 3.63) is 0 Å². The molecule has 160 valence electrons. The van der Waals surface area contributed by atoms with E-state index in [0.717, 1.165) is 38.5 Å². The van der Waals surface area contributed by atoms with E-state index in [0.29, 0.717) is 0 Å². The Bertz CT molecular complexity index is 414. The molecule has 0 saturated heterocycles. The van der Waals surface area contributed by atoms with Gasteiger partial charge < -0.3 is 19.7 Å². The third kappa shape index (κ3) is 8.60. The third-order valence-corrected chi connectivity index (χ3v) is 5.40. The van der Waals surface area contributed by atoms with Gasteiger partial charge in [0.05, 0.1) is 24.4 Å². The largest absolute Gasteiger partial charge is 0.481 e. The highest BCUT2D eigenvalue weighted by Gasteiger charge is 2.50. The van der Waals surface area contributed by atoms with Gasteiger partial charge in [-0.05, 0) is 47.0 Å². The number of hydrogen-bond acceptors (Lipinski definition) is 4. The molecule has 0 aromatic carbocycles. The molecular formula is C21H40O6. The van der Waals surface area contributed by atoms with E-state index in [1.807, 2.05) is 13.8 Å². The van der Waals surface area contributed by atoms with Crippen LogP contribution in [-0.4, -0.2) is 46.6 Å². The summed E-state index contributed by atoms with van der Waals surface area (Å²) in [6.45, 7) is 11.5. The molecule has 6 nitrogen and oxygen atoms in total. The summed E-state index contributed by atoms with van der Waals surface area (Å²) in [6.07, 6.45) is 4.02. The first-order valence-corrected chi connectivity index (χ1v) is 10.4. The predicted octanol–water partition coefficient (Wildman–Crippen LogP) is 4.89. The van der Waals surface area contributed by atoms with E-state index in [2.05, 4.69) is 13.8 Å². The topological polar surface area (TPSA) is 93.1 Å². The highest BCUT2D eigenvalue weighted by molar-refractivity contribution is 5.77. The van der Waals surface area contributed by atoms with E-state index in [1.54, 1.807) is 13.8 Å². The minimum atomic E-state index is -1.40. The molecule has 27 heavy (non-hydrogen) atoms. The first kappa shape index (κ1) is 25.9. The van der Waals surface area contributed by atoms with Crippen LogP contribution in [0, 0.1) is 5.41 Å². The van der Waals surface area contributed by atoms with Crippen LogP contribution in [0.2, 0.25) is 0 Å². The lowest BCUT2D eigenvalue weighted by atomic mass is 9.73. The monoisotopic (exact) mass is 388 g/mol. The molecule has 6 heteroatoms. The van der Waals surface area contributed by atoms with E-state index in [9.17, 15) is 14.7 Å². The van der Waals surface area contributed by atoms with Gasteiger partial charge in [-0.25, -0.2) is 0 Å². The summed E-state index contributed by atoms with van der Waals surface area (Å²) < 4.78 is 12.1. The molecule has 2 N–H and O–H groups in total. The Hall–Kier alpha value is -1.14. The van der Waals surface area contributed by atoms with Gasteiger partial charge in [0.1, 0.15) is 5.41 Å². The minimum Gasteiger partial charge on any atom is -0.481 e. The van der Waals surface area contributed by atoms with E-state index < -0.39 is 29.6 Å². The summed E-state index contributed by atoms with van der Waals surface area (Å²) >= 11 is 0. The molecule has 0 fully saturated rings. The van der Waals surface area contributed by atoms with Crippen LogP contribution in [0.3, 0.4) is 0 Å². The maximum atomic E-state index is 12.4. The predicted molar refractivity (Wildman–Crippen MR) is 106 cm³/mol. The lowest BCUT2D eigenvalue weighted by Gasteiger charge is -2.41. The number of carboxylic acids is 2. The quantitative estimate of drug-likeness (QED) is 0.391. The number of ether oxygens (including phenoxy) is 2. The summed E-state index contributed by atoms with van der Waals surface area (Å²) in [7, 11) is 0. The van der Waals surface area contributed by atoms with Gasteiger partial charge in [0.2, 0.25) is 0 Å². The van der Waals surface area contributed by atoms with Crippen LogP contribution in [0.4, 0.5) is 0 Å². The number of unbranched alkanes of at least 4 members (excludes halogenated alkanes) is 2. The maximum absolute atomic E-state index is 12.4. The van der Waals surface area contributed by atoms with Crippen molar-refractivity contribution in [2.75, 3.05) is 0 Å². The Morgan fingerprint density at radius 2 is 1.26 bits per heavy atom. The second-order valence-corrected chi connectivity index (χ2v) is 7.70. The lowest BCUT2D eigenvalue weighted by Crippen LogP contribution is -2.53. The summed E-state index contributed by atoms with van der Waals surface area (Å²) in [5.74, 6) is -2.08. The van der Waals surface area contributed by atoms with Crippen molar-refractivity contribution in [3.8, 4) is 0 Å². The van der Waals surface area contributed by atoms with E-state index in [-0.39, 0.29) is 25.0 Å². The van der Waals surface area contributed by atoms with Crippen molar-refractivity contribution in [3.63, 3.8) is 0 Å². The Morgan fingerprint density at radius 3 is 1.56 bits per heavy atom. The highest BCUT2D eigenvalue weighted by atomic mass is 16.5. The van der Waals surface area contributed by atoms with Crippen LogP contribution in [0.25, 0.3) is 0 Å². The molecule has 0 aliphatic heterocycles. The van der Waals surface area contributed by atoms with Gasteiger partial charge in [0, 0.05) is 6.42 Å². The van der Waals surface area contributed by atoms with Gasteiger partial charge in [0.25, 0.3) is 0 Å². The molecular weight excluding hydrogens is 348 g/mol. The summed E-state index contributed by atoms with van der Waals surface area (Å²) in [6, 6.07) is 0. The standard InChI is InChI=1S/C21H40O6/c1-7-9-11-15(3)26-17(5)21(20(24)25,14-13-19(22)23)18(6)27-16(4)12-10-8-2/h15-18H,7-14H2,1-6H3,(H,22,23)(H,24,25). The van der Waals surface area contributed by atoms with Crippen molar-refractivity contribution in [2.24, 2.45) is 5.41 Å². The van der Waals surface area contributed by atoms with Crippen molar-refractivity contribution in [1.82, 2.24) is 0 Å². The lowest BCUT2D eigenvalue weighted by molar-refractivity contribution is -0.188. The average molecular weight is 389 g/mol. The minimum absolute atomic E-state index is 0.0268. The summed E-state index contributed by atoms with van der Waals surface area (Å²) in [4.78, 5) is 23.5. The van der Waals surface area contributed by atoms with Gasteiger partial charge in [-0.3, -0.25) is 9.59 Å². The molecule has 4 unspecified atom stereocenters. The molecule has 0 heterocycles. The molecule has 0 spiro atoms. The molecule has 0 rings (SSSR count). The van der Waals surface area contributed by atoms with Crippen LogP contribution in [0.15, 0.2) is 0 Å². The normalized spacial score (nSPS) is 18.3. The van der Waals surface area contributed by atoms with Crippen molar-refractivity contribution >= 4 is 11.9 Å². The number of aliphatic carboxylic acids is 2. The van der Waals surface area contributed by atoms with Gasteiger partial charge in [-0.2, -0.15) is 0 Å². The zero-order valence-electron chi connectivity index (χ0n) is 18.0. The van der Waals surface area contributed by atoms with Crippen LogP contribution in [0.5, 0.6) is 0 Å². The number of carbonyl (C=O) groups is 2. The van der Waals surface area contributed by atoms with Crippen molar-refractivity contribution < 1.29 is 29.3 Å². The number of carboxylic acid groups (broad SMARTS) is 2. The summed E-state index contributed by atoms with van der Waals surface area (Å²) in [5, 5.41) is 19.2. The maximum Gasteiger partial charge on any atom is 0.314 e. The Balaban J connectivity index is 5.48. The molecule has 0 bridgehead atoms. The van der Waals surface area contributed by atoms with Crippen LogP contribution in [-0.2, 0) is 19.1 Å². The van der Waals surface area contributed by atoms with E-state index in [4.69, 9.17) is 14.6 Å². The zero-order valence-corrected chi connectivity index (χ0v) is 18.0. The molecule has 0 radical (unpaired) electrons. The van der Waals surface area contributed by atoms with Gasteiger partial charge in [-0.1, -0.05) is 39.5 Å². The molecule has 0 amide bonds. The van der Waals surface area contributed by atoms with Crippen LogP contribution >= 0.6 is 0 Å². The van der Waals surface area contributed by atoms with Crippen molar-refractivity contribution in [2.45, 2.75) is 117 Å². The van der Waals surface area contributed by atoms with Crippen LogP contribution < -0.4 is 0 Å². The fourth-order valence-electron chi connectivity index (χ4n) is 3.56. The molecule has 0 aliphatic rings. The zero-order chi connectivity index (χ0) is 21.0. The molecule has 0 aromatic rings. The second kappa shape index (κ2) is 13.1. The summed E-state index contributed by atoms with van der Waals surface area (Å²) in [5.41, 5.74) is -1.40. The van der Waals surface area contributed by atoms with Crippen LogP contribution in [0.1, 0.15) is 92.9 Å². The van der Waals surface area contributed by atoms with Crippen molar-refractivity contribution in [1.29, 1.82) is 0 Å².